The minimum atomic E-state index is -0.812. The lowest BCUT2D eigenvalue weighted by molar-refractivity contribution is -0.146. The zero-order valence-electron chi connectivity index (χ0n) is 11.6. The second-order valence-corrected chi connectivity index (χ2v) is 5.27. The number of ether oxygens (including phenoxy) is 2. The van der Waals surface area contributed by atoms with E-state index in [-0.39, 0.29) is 5.92 Å². The van der Waals surface area contributed by atoms with E-state index in [1.165, 1.54) is 0 Å². The third-order valence-electron chi connectivity index (χ3n) is 3.66. The maximum atomic E-state index is 11.6. The molecule has 1 fully saturated rings. The minimum Gasteiger partial charge on any atom is -0.496 e. The van der Waals surface area contributed by atoms with E-state index in [9.17, 15) is 9.90 Å². The molecule has 1 aromatic rings. The zero-order valence-corrected chi connectivity index (χ0v) is 11.6. The number of carbonyl (C=O) groups is 1. The molecule has 1 aliphatic rings. The van der Waals surface area contributed by atoms with E-state index in [1.807, 2.05) is 18.2 Å². The maximum absolute atomic E-state index is 11.6. The van der Waals surface area contributed by atoms with Gasteiger partial charge < -0.3 is 14.6 Å². The molecule has 0 amide bonds. The van der Waals surface area contributed by atoms with Crippen LogP contribution in [0.1, 0.15) is 36.8 Å². The fourth-order valence-electron chi connectivity index (χ4n) is 2.39. The molecule has 0 spiro atoms. The van der Waals surface area contributed by atoms with Crippen molar-refractivity contribution >= 4 is 5.97 Å². The van der Waals surface area contributed by atoms with Gasteiger partial charge in [-0.3, -0.25) is 4.79 Å². The molecule has 1 aromatic carbocycles. The second-order valence-electron chi connectivity index (χ2n) is 5.27. The summed E-state index contributed by atoms with van der Waals surface area (Å²) in [4.78, 5) is 11.6. The molecule has 1 heterocycles. The summed E-state index contributed by atoms with van der Waals surface area (Å²) < 4.78 is 10.5. The Kier molecular flexibility index (Phi) is 4.10. The van der Waals surface area contributed by atoms with Crippen LogP contribution < -0.4 is 4.74 Å². The number of carboxylic acid groups (broad SMARTS) is 1. The molecule has 1 atom stereocenters. The molecule has 1 aliphatic heterocycles. The number of hydrogen-bond acceptors (Lipinski definition) is 3. The predicted octanol–water partition coefficient (Wildman–Crippen LogP) is 2.63. The Hall–Kier alpha value is -1.55. The molecule has 19 heavy (non-hydrogen) atoms. The molecule has 0 saturated carbocycles. The summed E-state index contributed by atoms with van der Waals surface area (Å²) in [5, 5.41) is 9.50. The van der Waals surface area contributed by atoms with Gasteiger partial charge in [0.15, 0.2) is 0 Å². The Morgan fingerprint density at radius 2 is 2.11 bits per heavy atom. The monoisotopic (exact) mass is 264 g/mol. The number of methoxy groups -OCH3 is 1. The van der Waals surface area contributed by atoms with Crippen LogP contribution in [-0.4, -0.2) is 31.4 Å². The highest BCUT2D eigenvalue weighted by molar-refractivity contribution is 5.78. The summed E-state index contributed by atoms with van der Waals surface area (Å²) in [5.74, 6) is -0.329. The first-order valence-corrected chi connectivity index (χ1v) is 6.53. The number of rotatable bonds is 5. The van der Waals surface area contributed by atoms with Gasteiger partial charge in [0.05, 0.1) is 26.2 Å². The summed E-state index contributed by atoms with van der Waals surface area (Å²) in [5.41, 5.74) is 1.89. The Labute approximate surface area is 113 Å². The molecule has 2 rings (SSSR count). The molecule has 4 nitrogen and oxygen atoms in total. The summed E-state index contributed by atoms with van der Waals surface area (Å²) >= 11 is 0. The van der Waals surface area contributed by atoms with Crippen molar-refractivity contribution in [2.75, 3.05) is 20.3 Å². The molecule has 1 N–H and O–H groups in total. The lowest BCUT2D eigenvalue weighted by Gasteiger charge is -2.32. The molecular weight excluding hydrogens is 244 g/mol. The van der Waals surface area contributed by atoms with E-state index < -0.39 is 11.9 Å². The van der Waals surface area contributed by atoms with Crippen molar-refractivity contribution in [3.05, 3.63) is 29.3 Å². The van der Waals surface area contributed by atoms with Crippen LogP contribution in [0.5, 0.6) is 5.75 Å². The molecule has 4 heteroatoms. The summed E-state index contributed by atoms with van der Waals surface area (Å²) in [6.45, 7) is 5.19. The number of hydrogen-bond donors (Lipinski definition) is 1. The largest absolute Gasteiger partial charge is 0.496 e. The molecule has 104 valence electrons. The van der Waals surface area contributed by atoms with Crippen LogP contribution in [-0.2, 0) is 9.53 Å². The van der Waals surface area contributed by atoms with Gasteiger partial charge in [0.25, 0.3) is 0 Å². The van der Waals surface area contributed by atoms with Crippen LogP contribution in [0.3, 0.4) is 0 Å². The van der Waals surface area contributed by atoms with Crippen LogP contribution in [0.4, 0.5) is 0 Å². The van der Waals surface area contributed by atoms with Crippen molar-refractivity contribution in [1.29, 1.82) is 0 Å². The van der Waals surface area contributed by atoms with Gasteiger partial charge in [-0.05, 0) is 17.5 Å². The quantitative estimate of drug-likeness (QED) is 0.888. The van der Waals surface area contributed by atoms with Gasteiger partial charge in [-0.2, -0.15) is 0 Å². The molecule has 0 radical (unpaired) electrons. The first kappa shape index (κ1) is 13.9. The van der Waals surface area contributed by atoms with Gasteiger partial charge in [0.2, 0.25) is 0 Å². The van der Waals surface area contributed by atoms with E-state index in [2.05, 4.69) is 13.8 Å². The van der Waals surface area contributed by atoms with Gasteiger partial charge in [-0.1, -0.05) is 26.0 Å². The fraction of sp³-hybridized carbons (Fsp3) is 0.533. The average molecular weight is 264 g/mol. The Morgan fingerprint density at radius 3 is 2.53 bits per heavy atom. The van der Waals surface area contributed by atoms with Crippen molar-refractivity contribution < 1.29 is 19.4 Å². The molecule has 0 aliphatic carbocycles. The van der Waals surface area contributed by atoms with Gasteiger partial charge >= 0.3 is 5.97 Å². The Balaban J connectivity index is 2.43. The smallest absolute Gasteiger partial charge is 0.311 e. The second kappa shape index (κ2) is 5.61. The van der Waals surface area contributed by atoms with Gasteiger partial charge in [0.1, 0.15) is 5.75 Å². The van der Waals surface area contributed by atoms with Crippen LogP contribution in [0.15, 0.2) is 18.2 Å². The van der Waals surface area contributed by atoms with Crippen molar-refractivity contribution in [1.82, 2.24) is 0 Å². The minimum absolute atomic E-state index is 0.0359. The number of carboxylic acids is 1. The van der Waals surface area contributed by atoms with Gasteiger partial charge in [-0.15, -0.1) is 0 Å². The number of benzene rings is 1. The highest BCUT2D eigenvalue weighted by atomic mass is 16.5. The Bertz CT molecular complexity index is 463. The molecule has 1 unspecified atom stereocenters. The third-order valence-corrected chi connectivity index (χ3v) is 3.66. The molecular formula is C15H20O4. The topological polar surface area (TPSA) is 55.8 Å². The average Bonchev–Trinajstić information content (AvgIpc) is 2.32. The van der Waals surface area contributed by atoms with Crippen LogP contribution >= 0.6 is 0 Å². The van der Waals surface area contributed by atoms with Crippen molar-refractivity contribution in [3.8, 4) is 5.75 Å². The SMILES string of the molecule is COc1ccc(C(C)C)cc1C(C(=O)O)C1COC1. The highest BCUT2D eigenvalue weighted by Crippen LogP contribution is 2.37. The first-order chi connectivity index (χ1) is 9.04. The fourth-order valence-corrected chi connectivity index (χ4v) is 2.39. The lowest BCUT2D eigenvalue weighted by Crippen LogP contribution is -2.37. The standard InChI is InChI=1S/C15H20O4/c1-9(2)10-4-5-13(18-3)12(6-10)14(15(16)17)11-7-19-8-11/h4-6,9,11,14H,7-8H2,1-3H3,(H,16,17). The third kappa shape index (κ3) is 2.73. The molecule has 0 bridgehead atoms. The lowest BCUT2D eigenvalue weighted by atomic mass is 9.83. The van der Waals surface area contributed by atoms with Gasteiger partial charge in [-0.25, -0.2) is 0 Å². The van der Waals surface area contributed by atoms with Crippen LogP contribution in [0, 0.1) is 5.92 Å². The highest BCUT2D eigenvalue weighted by Gasteiger charge is 2.36. The van der Waals surface area contributed by atoms with Crippen molar-refractivity contribution in [2.45, 2.75) is 25.7 Å². The summed E-state index contributed by atoms with van der Waals surface area (Å²) in [6, 6.07) is 5.81. The van der Waals surface area contributed by atoms with Gasteiger partial charge in [0, 0.05) is 11.5 Å². The summed E-state index contributed by atoms with van der Waals surface area (Å²) in [6.07, 6.45) is 0. The zero-order chi connectivity index (χ0) is 14.0. The van der Waals surface area contributed by atoms with Crippen LogP contribution in [0.2, 0.25) is 0 Å². The van der Waals surface area contributed by atoms with Crippen molar-refractivity contribution in [2.24, 2.45) is 5.92 Å². The first-order valence-electron chi connectivity index (χ1n) is 6.53. The number of aliphatic carboxylic acids is 1. The normalized spacial score (nSPS) is 17.1. The van der Waals surface area contributed by atoms with Crippen LogP contribution in [0.25, 0.3) is 0 Å². The van der Waals surface area contributed by atoms with E-state index in [1.54, 1.807) is 7.11 Å². The Morgan fingerprint density at radius 1 is 1.42 bits per heavy atom. The van der Waals surface area contributed by atoms with E-state index in [0.29, 0.717) is 24.9 Å². The van der Waals surface area contributed by atoms with Crippen molar-refractivity contribution in [3.63, 3.8) is 0 Å². The van der Waals surface area contributed by atoms with E-state index >= 15 is 0 Å². The molecule has 0 aromatic heterocycles. The predicted molar refractivity (Wildman–Crippen MR) is 71.8 cm³/mol. The maximum Gasteiger partial charge on any atom is 0.311 e. The molecule has 1 saturated heterocycles. The van der Waals surface area contributed by atoms with E-state index in [0.717, 1.165) is 11.1 Å². The van der Waals surface area contributed by atoms with E-state index in [4.69, 9.17) is 9.47 Å². The summed E-state index contributed by atoms with van der Waals surface area (Å²) in [7, 11) is 1.57.